The third kappa shape index (κ3) is 4.12. The Balaban J connectivity index is 1.82. The second kappa shape index (κ2) is 7.24. The van der Waals surface area contributed by atoms with Gasteiger partial charge >= 0.3 is 6.18 Å². The normalized spacial score (nSPS) is 15.7. The average molecular weight is 443 g/mol. The Bertz CT molecular complexity index is 1070. The maximum absolute atomic E-state index is 12.7. The maximum Gasteiger partial charge on any atom is 0.416 e. The fourth-order valence-electron chi connectivity index (χ4n) is 2.99. The smallest absolute Gasteiger partial charge is 0.397 e. The molecule has 0 spiro atoms. The minimum atomic E-state index is -4.59. The Hall–Kier alpha value is -2.66. The van der Waals surface area contributed by atoms with Crippen LogP contribution in [-0.2, 0) is 16.0 Å². The zero-order chi connectivity index (χ0) is 22.5. The lowest BCUT2D eigenvalue weighted by Crippen LogP contribution is -2.57. The number of likely N-dealkylation sites (tertiary alicyclic amines) is 1. The first-order chi connectivity index (χ1) is 13.7. The number of hydrogen-bond acceptors (Lipinski definition) is 6. The average Bonchev–Trinajstić information content (AvgIpc) is 2.58. The highest BCUT2D eigenvalue weighted by Crippen LogP contribution is 2.32. The van der Waals surface area contributed by atoms with E-state index in [9.17, 15) is 31.5 Å². The highest BCUT2D eigenvalue weighted by Gasteiger charge is 2.40. The Morgan fingerprint density at radius 3 is 2.20 bits per heavy atom. The second-order valence-electron chi connectivity index (χ2n) is 7.70. The van der Waals surface area contributed by atoms with E-state index in [0.717, 1.165) is 24.4 Å². The molecular formula is C19H20F3N3O4S. The van der Waals surface area contributed by atoms with E-state index in [4.69, 9.17) is 5.73 Å². The number of aromatic nitrogens is 1. The molecule has 1 aromatic carbocycles. The minimum Gasteiger partial charge on any atom is -0.397 e. The molecule has 3 rings (SSSR count). The summed E-state index contributed by atoms with van der Waals surface area (Å²) in [4.78, 5) is 17.1. The van der Waals surface area contributed by atoms with E-state index >= 15 is 0 Å². The van der Waals surface area contributed by atoms with Gasteiger partial charge in [-0.2, -0.15) is 13.2 Å². The van der Waals surface area contributed by atoms with Gasteiger partial charge in [0.1, 0.15) is 0 Å². The molecule has 0 saturated carbocycles. The van der Waals surface area contributed by atoms with E-state index in [0.29, 0.717) is 25.2 Å². The van der Waals surface area contributed by atoms with E-state index in [2.05, 4.69) is 4.98 Å². The number of nitrogens with zero attached hydrogens (tertiary/aromatic N) is 2. The molecule has 1 amide bonds. The van der Waals surface area contributed by atoms with Crippen LogP contribution in [0.1, 0.15) is 29.9 Å². The van der Waals surface area contributed by atoms with Crippen molar-refractivity contribution in [2.45, 2.75) is 35.4 Å². The SMILES string of the molecule is CC(C)(O)C1CN(C(=O)c2ncc(S(=O)(=O)c3ccc(C(F)(F)F)cc3)cc2N)C1. The van der Waals surface area contributed by atoms with Crippen LogP contribution < -0.4 is 5.73 Å². The van der Waals surface area contributed by atoms with Gasteiger partial charge in [-0.25, -0.2) is 13.4 Å². The van der Waals surface area contributed by atoms with Gasteiger partial charge in [-0.1, -0.05) is 0 Å². The van der Waals surface area contributed by atoms with Crippen LogP contribution in [0.2, 0.25) is 0 Å². The fourth-order valence-corrected chi connectivity index (χ4v) is 4.23. The highest BCUT2D eigenvalue weighted by molar-refractivity contribution is 7.91. The second-order valence-corrected chi connectivity index (χ2v) is 9.64. The van der Waals surface area contributed by atoms with Crippen LogP contribution >= 0.6 is 0 Å². The molecule has 3 N–H and O–H groups in total. The number of alkyl halides is 3. The number of amides is 1. The Labute approximate surface area is 171 Å². The summed E-state index contributed by atoms with van der Waals surface area (Å²) in [5.41, 5.74) is 3.64. The van der Waals surface area contributed by atoms with Gasteiger partial charge in [-0.15, -0.1) is 0 Å². The number of benzene rings is 1. The summed E-state index contributed by atoms with van der Waals surface area (Å²) < 4.78 is 63.4. The van der Waals surface area contributed by atoms with Crippen molar-refractivity contribution < 1.29 is 31.5 Å². The molecule has 1 aliphatic heterocycles. The van der Waals surface area contributed by atoms with Crippen LogP contribution in [0.25, 0.3) is 0 Å². The summed E-state index contributed by atoms with van der Waals surface area (Å²) in [5.74, 6) is -0.589. The summed E-state index contributed by atoms with van der Waals surface area (Å²) in [7, 11) is -4.17. The molecule has 1 saturated heterocycles. The molecule has 0 bridgehead atoms. The van der Waals surface area contributed by atoms with Gasteiger partial charge in [0.25, 0.3) is 5.91 Å². The van der Waals surface area contributed by atoms with Crippen LogP contribution in [-0.4, -0.2) is 48.0 Å². The molecule has 1 aromatic heterocycles. The summed E-state index contributed by atoms with van der Waals surface area (Å²) in [6.07, 6.45) is -3.64. The van der Waals surface area contributed by atoms with E-state index in [1.54, 1.807) is 13.8 Å². The zero-order valence-corrected chi connectivity index (χ0v) is 17.0. The van der Waals surface area contributed by atoms with E-state index in [1.807, 2.05) is 0 Å². The summed E-state index contributed by atoms with van der Waals surface area (Å²) in [5, 5.41) is 9.95. The van der Waals surface area contributed by atoms with Gasteiger partial charge in [0, 0.05) is 25.2 Å². The predicted molar refractivity (Wildman–Crippen MR) is 101 cm³/mol. The number of aliphatic hydroxyl groups is 1. The van der Waals surface area contributed by atoms with Crippen molar-refractivity contribution in [1.29, 1.82) is 0 Å². The van der Waals surface area contributed by atoms with Crippen LogP contribution in [0.15, 0.2) is 46.3 Å². The van der Waals surface area contributed by atoms with Gasteiger partial charge in [0.15, 0.2) is 5.69 Å². The molecule has 0 radical (unpaired) electrons. The summed E-state index contributed by atoms with van der Waals surface area (Å²) >= 11 is 0. The van der Waals surface area contributed by atoms with Crippen molar-refractivity contribution in [2.75, 3.05) is 18.8 Å². The lowest BCUT2D eigenvalue weighted by atomic mass is 9.84. The van der Waals surface area contributed by atoms with Crippen molar-refractivity contribution in [3.8, 4) is 0 Å². The number of rotatable bonds is 4. The molecule has 162 valence electrons. The number of pyridine rings is 1. The Kier molecular flexibility index (Phi) is 5.32. The number of nitrogens with two attached hydrogens (primary N) is 1. The molecule has 0 unspecified atom stereocenters. The van der Waals surface area contributed by atoms with Gasteiger partial charge in [-0.05, 0) is 44.2 Å². The topological polar surface area (TPSA) is 114 Å². The van der Waals surface area contributed by atoms with Crippen molar-refractivity contribution in [3.05, 3.63) is 47.8 Å². The van der Waals surface area contributed by atoms with Crippen molar-refractivity contribution in [1.82, 2.24) is 9.88 Å². The quantitative estimate of drug-likeness (QED) is 0.750. The third-order valence-electron chi connectivity index (χ3n) is 5.06. The monoisotopic (exact) mass is 443 g/mol. The van der Waals surface area contributed by atoms with Crippen molar-refractivity contribution >= 4 is 21.4 Å². The molecule has 1 aliphatic rings. The van der Waals surface area contributed by atoms with Gasteiger partial charge in [0.05, 0.1) is 26.6 Å². The number of nitrogen functional groups attached to an aromatic ring is 1. The lowest BCUT2D eigenvalue weighted by molar-refractivity contribution is -0.137. The summed E-state index contributed by atoms with van der Waals surface area (Å²) in [6, 6.07) is 4.10. The van der Waals surface area contributed by atoms with Crippen LogP contribution in [0.4, 0.5) is 18.9 Å². The van der Waals surface area contributed by atoms with E-state index in [-0.39, 0.29) is 27.1 Å². The van der Waals surface area contributed by atoms with E-state index < -0.39 is 33.1 Å². The molecular weight excluding hydrogens is 423 g/mol. The molecule has 0 aliphatic carbocycles. The van der Waals surface area contributed by atoms with Crippen LogP contribution in [0.5, 0.6) is 0 Å². The number of carbonyl (C=O) groups excluding carboxylic acids is 1. The molecule has 30 heavy (non-hydrogen) atoms. The number of halogens is 3. The van der Waals surface area contributed by atoms with Gasteiger partial charge < -0.3 is 15.7 Å². The van der Waals surface area contributed by atoms with Crippen LogP contribution in [0, 0.1) is 5.92 Å². The zero-order valence-electron chi connectivity index (χ0n) is 16.1. The summed E-state index contributed by atoms with van der Waals surface area (Å²) in [6.45, 7) is 3.92. The first-order valence-electron chi connectivity index (χ1n) is 8.91. The standard InChI is InChI=1S/C19H20F3N3O4S/c1-18(2,27)12-9-25(10-12)17(26)16-15(23)7-14(8-24-16)30(28,29)13-5-3-11(4-6-13)19(20,21)22/h3-8,12,27H,9-10,23H2,1-2H3. The van der Waals surface area contributed by atoms with Crippen molar-refractivity contribution in [2.24, 2.45) is 5.92 Å². The lowest BCUT2D eigenvalue weighted by Gasteiger charge is -2.45. The van der Waals surface area contributed by atoms with Gasteiger partial charge in [-0.3, -0.25) is 4.79 Å². The minimum absolute atomic E-state index is 0.0954. The van der Waals surface area contributed by atoms with E-state index in [1.165, 1.54) is 4.90 Å². The largest absolute Gasteiger partial charge is 0.416 e. The van der Waals surface area contributed by atoms with Gasteiger partial charge in [0.2, 0.25) is 9.84 Å². The molecule has 7 nitrogen and oxygen atoms in total. The molecule has 11 heteroatoms. The Morgan fingerprint density at radius 1 is 1.17 bits per heavy atom. The molecule has 2 heterocycles. The number of carbonyl (C=O) groups is 1. The van der Waals surface area contributed by atoms with Crippen molar-refractivity contribution in [3.63, 3.8) is 0 Å². The first-order valence-corrected chi connectivity index (χ1v) is 10.4. The number of anilines is 1. The van der Waals surface area contributed by atoms with Crippen LogP contribution in [0.3, 0.4) is 0 Å². The Morgan fingerprint density at radius 2 is 1.73 bits per heavy atom. The first kappa shape index (κ1) is 22.0. The highest BCUT2D eigenvalue weighted by atomic mass is 32.2. The maximum atomic E-state index is 12.7. The fraction of sp³-hybridized carbons (Fsp3) is 0.368. The number of hydrogen-bond donors (Lipinski definition) is 2. The number of sulfone groups is 1. The molecule has 1 fully saturated rings. The third-order valence-corrected chi connectivity index (χ3v) is 6.80. The molecule has 2 aromatic rings. The predicted octanol–water partition coefficient (Wildman–Crippen LogP) is 2.36. The molecule has 0 atom stereocenters.